The minimum Gasteiger partial charge on any atom is -0.329 e. The molecule has 0 atom stereocenters. The summed E-state index contributed by atoms with van der Waals surface area (Å²) < 4.78 is 0. The Balaban J connectivity index is 2.10. The fourth-order valence-corrected chi connectivity index (χ4v) is 3.86. The van der Waals surface area contributed by atoms with Gasteiger partial charge < -0.3 is 10.6 Å². The first kappa shape index (κ1) is 13.3. The van der Waals surface area contributed by atoms with Gasteiger partial charge in [-0.1, -0.05) is 6.92 Å². The molecule has 3 heteroatoms. The largest absolute Gasteiger partial charge is 0.329 e. The summed E-state index contributed by atoms with van der Waals surface area (Å²) in [6.45, 7) is 12.7. The van der Waals surface area contributed by atoms with Crippen LogP contribution in [0.25, 0.3) is 0 Å². The van der Waals surface area contributed by atoms with Crippen LogP contribution in [-0.4, -0.2) is 53.6 Å². The van der Waals surface area contributed by atoms with Crippen LogP contribution < -0.4 is 5.73 Å². The van der Waals surface area contributed by atoms with Crippen molar-refractivity contribution in [1.82, 2.24) is 9.80 Å². The second-order valence-electron chi connectivity index (χ2n) is 6.43. The Morgan fingerprint density at radius 3 is 2.12 bits per heavy atom. The zero-order valence-electron chi connectivity index (χ0n) is 11.8. The smallest absolute Gasteiger partial charge is 0.0361 e. The Bertz CT molecular complexity index is 254. The minimum atomic E-state index is 0.283. The predicted molar refractivity (Wildman–Crippen MR) is 73.2 cm³/mol. The normalized spacial score (nSPS) is 29.6. The fourth-order valence-electron chi connectivity index (χ4n) is 3.86. The zero-order valence-corrected chi connectivity index (χ0v) is 11.8. The Morgan fingerprint density at radius 1 is 1.06 bits per heavy atom. The molecule has 0 unspecified atom stereocenters. The highest BCUT2D eigenvalue weighted by Gasteiger charge is 2.46. The van der Waals surface area contributed by atoms with Crippen LogP contribution in [0.1, 0.15) is 46.5 Å². The van der Waals surface area contributed by atoms with Crippen molar-refractivity contribution in [3.05, 3.63) is 0 Å². The van der Waals surface area contributed by atoms with Gasteiger partial charge in [-0.25, -0.2) is 0 Å². The van der Waals surface area contributed by atoms with Crippen molar-refractivity contribution in [2.24, 2.45) is 5.73 Å². The topological polar surface area (TPSA) is 32.5 Å². The molecule has 0 saturated carbocycles. The van der Waals surface area contributed by atoms with Gasteiger partial charge in [0.1, 0.15) is 0 Å². The van der Waals surface area contributed by atoms with Crippen LogP contribution in [0, 0.1) is 0 Å². The van der Waals surface area contributed by atoms with Gasteiger partial charge in [-0.2, -0.15) is 0 Å². The van der Waals surface area contributed by atoms with Crippen LogP contribution in [0.2, 0.25) is 0 Å². The van der Waals surface area contributed by atoms with Gasteiger partial charge in [0.2, 0.25) is 0 Å². The Kier molecular flexibility index (Phi) is 3.81. The molecule has 2 N–H and O–H groups in total. The molecule has 0 aromatic heterocycles. The average Bonchev–Trinajstić information content (AvgIpc) is 2.70. The molecule has 100 valence electrons. The monoisotopic (exact) mass is 239 g/mol. The number of likely N-dealkylation sites (tertiary alicyclic amines) is 2. The quantitative estimate of drug-likeness (QED) is 0.813. The lowest BCUT2D eigenvalue weighted by molar-refractivity contribution is -0.0111. The SMILES string of the molecule is CCN1CCC(CN)(N2CCCC2(C)C)CC1. The van der Waals surface area contributed by atoms with E-state index in [0.717, 1.165) is 6.54 Å². The highest BCUT2D eigenvalue weighted by Crippen LogP contribution is 2.39. The lowest BCUT2D eigenvalue weighted by atomic mass is 9.83. The molecule has 2 aliphatic heterocycles. The van der Waals surface area contributed by atoms with E-state index in [2.05, 4.69) is 30.6 Å². The Morgan fingerprint density at radius 2 is 1.71 bits per heavy atom. The van der Waals surface area contributed by atoms with Gasteiger partial charge in [0.25, 0.3) is 0 Å². The van der Waals surface area contributed by atoms with E-state index in [-0.39, 0.29) is 5.54 Å². The first-order valence-electron chi connectivity index (χ1n) is 7.24. The second kappa shape index (κ2) is 4.87. The van der Waals surface area contributed by atoms with E-state index in [1.165, 1.54) is 51.9 Å². The molecule has 0 bridgehead atoms. The average molecular weight is 239 g/mol. The lowest BCUT2D eigenvalue weighted by Gasteiger charge is -2.52. The first-order valence-corrected chi connectivity index (χ1v) is 7.24. The molecule has 17 heavy (non-hydrogen) atoms. The third-order valence-electron chi connectivity index (χ3n) is 5.09. The molecule has 2 fully saturated rings. The highest BCUT2D eigenvalue weighted by molar-refractivity contribution is 5.04. The van der Waals surface area contributed by atoms with Crippen molar-refractivity contribution in [3.8, 4) is 0 Å². The highest BCUT2D eigenvalue weighted by atomic mass is 15.3. The van der Waals surface area contributed by atoms with E-state index in [4.69, 9.17) is 5.73 Å². The predicted octanol–water partition coefficient (Wildman–Crippen LogP) is 1.67. The molecule has 2 rings (SSSR count). The van der Waals surface area contributed by atoms with Crippen molar-refractivity contribution in [2.75, 3.05) is 32.7 Å². The summed E-state index contributed by atoms with van der Waals surface area (Å²) in [4.78, 5) is 5.28. The van der Waals surface area contributed by atoms with E-state index < -0.39 is 0 Å². The molecule has 0 amide bonds. The molecule has 0 radical (unpaired) electrons. The van der Waals surface area contributed by atoms with Crippen molar-refractivity contribution >= 4 is 0 Å². The van der Waals surface area contributed by atoms with E-state index in [1.807, 2.05) is 0 Å². The molecule has 0 aromatic carbocycles. The summed E-state index contributed by atoms with van der Waals surface area (Å²) in [5.74, 6) is 0. The van der Waals surface area contributed by atoms with Crippen molar-refractivity contribution in [3.63, 3.8) is 0 Å². The Hall–Kier alpha value is -0.120. The van der Waals surface area contributed by atoms with E-state index >= 15 is 0 Å². The third-order valence-corrected chi connectivity index (χ3v) is 5.09. The maximum atomic E-state index is 6.17. The maximum absolute atomic E-state index is 6.17. The summed E-state index contributed by atoms with van der Waals surface area (Å²) in [5.41, 5.74) is 6.80. The molecule has 2 heterocycles. The first-order chi connectivity index (χ1) is 8.04. The van der Waals surface area contributed by atoms with Gasteiger partial charge in [-0.15, -0.1) is 0 Å². The number of rotatable bonds is 3. The summed E-state index contributed by atoms with van der Waals surface area (Å²) >= 11 is 0. The van der Waals surface area contributed by atoms with Crippen LogP contribution in [-0.2, 0) is 0 Å². The van der Waals surface area contributed by atoms with Gasteiger partial charge in [0, 0.05) is 17.6 Å². The molecular formula is C14H29N3. The molecule has 0 aliphatic carbocycles. The maximum Gasteiger partial charge on any atom is 0.0361 e. The third kappa shape index (κ3) is 2.38. The number of piperidine rings is 1. The van der Waals surface area contributed by atoms with Crippen LogP contribution in [0.3, 0.4) is 0 Å². The van der Waals surface area contributed by atoms with Crippen molar-refractivity contribution in [1.29, 1.82) is 0 Å². The summed E-state index contributed by atoms with van der Waals surface area (Å²) in [7, 11) is 0. The fraction of sp³-hybridized carbons (Fsp3) is 1.00. The Labute approximate surface area is 106 Å². The number of hydrogen-bond acceptors (Lipinski definition) is 3. The lowest BCUT2D eigenvalue weighted by Crippen LogP contribution is -2.63. The molecule has 0 spiro atoms. The van der Waals surface area contributed by atoms with Crippen molar-refractivity contribution in [2.45, 2.75) is 57.5 Å². The van der Waals surface area contributed by atoms with Crippen molar-refractivity contribution < 1.29 is 0 Å². The summed E-state index contributed by atoms with van der Waals surface area (Å²) in [6, 6.07) is 0. The van der Waals surface area contributed by atoms with E-state index in [1.54, 1.807) is 0 Å². The number of nitrogens with zero attached hydrogens (tertiary/aromatic N) is 2. The van der Waals surface area contributed by atoms with Gasteiger partial charge in [0.15, 0.2) is 0 Å². The zero-order chi connectivity index (χ0) is 12.5. The number of hydrogen-bond donors (Lipinski definition) is 1. The standard InChI is InChI=1S/C14H29N3/c1-4-16-10-7-14(12-15,8-11-16)17-9-5-6-13(17,2)3/h4-12,15H2,1-3H3. The van der Waals surface area contributed by atoms with Gasteiger partial charge >= 0.3 is 0 Å². The molecule has 3 nitrogen and oxygen atoms in total. The van der Waals surface area contributed by atoms with Gasteiger partial charge in [0.05, 0.1) is 0 Å². The molecular weight excluding hydrogens is 210 g/mol. The van der Waals surface area contributed by atoms with Gasteiger partial charge in [-0.3, -0.25) is 4.90 Å². The van der Waals surface area contributed by atoms with Gasteiger partial charge in [-0.05, 0) is 65.7 Å². The van der Waals surface area contributed by atoms with Crippen LogP contribution in [0.15, 0.2) is 0 Å². The second-order valence-corrected chi connectivity index (χ2v) is 6.43. The minimum absolute atomic E-state index is 0.283. The summed E-state index contributed by atoms with van der Waals surface area (Å²) in [6.07, 6.45) is 5.17. The molecule has 0 aromatic rings. The molecule has 2 aliphatic rings. The molecule has 2 saturated heterocycles. The summed E-state index contributed by atoms with van der Waals surface area (Å²) in [5, 5.41) is 0. The van der Waals surface area contributed by atoms with Crippen LogP contribution in [0.4, 0.5) is 0 Å². The van der Waals surface area contributed by atoms with E-state index in [0.29, 0.717) is 5.54 Å². The number of nitrogens with two attached hydrogens (primary N) is 1. The van der Waals surface area contributed by atoms with Crippen LogP contribution >= 0.6 is 0 Å². The van der Waals surface area contributed by atoms with E-state index in [9.17, 15) is 0 Å². The van der Waals surface area contributed by atoms with Crippen LogP contribution in [0.5, 0.6) is 0 Å².